The lowest BCUT2D eigenvalue weighted by molar-refractivity contribution is 0.199. The summed E-state index contributed by atoms with van der Waals surface area (Å²) in [5.74, 6) is -0.223. The van der Waals surface area contributed by atoms with Crippen molar-refractivity contribution in [2.75, 3.05) is 44.9 Å². The van der Waals surface area contributed by atoms with Crippen LogP contribution in [0.1, 0.15) is 12.5 Å². The lowest BCUT2D eigenvalue weighted by Crippen LogP contribution is -2.29. The van der Waals surface area contributed by atoms with Crippen LogP contribution in [0.4, 0.5) is 10.1 Å². The van der Waals surface area contributed by atoms with Crippen LogP contribution in [0.15, 0.2) is 18.2 Å². The molecule has 1 aromatic carbocycles. The van der Waals surface area contributed by atoms with Crippen LogP contribution in [-0.2, 0) is 11.3 Å². The van der Waals surface area contributed by atoms with Crippen molar-refractivity contribution in [1.29, 1.82) is 0 Å². The number of hydrogen-bond acceptors (Lipinski definition) is 4. The summed E-state index contributed by atoms with van der Waals surface area (Å²) in [6.07, 6.45) is 0. The topological polar surface area (TPSA) is 44.7 Å². The first-order valence-corrected chi connectivity index (χ1v) is 6.57. The maximum Gasteiger partial charge on any atom is 0.129 e. The molecule has 0 bridgehead atoms. The maximum atomic E-state index is 13.9. The number of likely N-dealkylation sites (N-methyl/N-ethyl adjacent to an activating group) is 1. The summed E-state index contributed by atoms with van der Waals surface area (Å²) in [5.41, 5.74) is 1.47. The normalized spacial score (nSPS) is 10.7. The molecular weight excluding hydrogens is 247 g/mol. The van der Waals surface area contributed by atoms with E-state index in [0.29, 0.717) is 31.8 Å². The van der Waals surface area contributed by atoms with E-state index in [9.17, 15) is 4.39 Å². The highest BCUT2D eigenvalue weighted by Crippen LogP contribution is 2.23. The molecular formula is C14H23FN2O2. The number of aliphatic hydroxyl groups is 1. The van der Waals surface area contributed by atoms with E-state index in [1.807, 2.05) is 17.9 Å². The van der Waals surface area contributed by atoms with Crippen LogP contribution in [0.25, 0.3) is 0 Å². The average Bonchev–Trinajstić information content (AvgIpc) is 2.42. The number of aliphatic hydroxyl groups excluding tert-OH is 1. The molecule has 0 aliphatic heterocycles. The van der Waals surface area contributed by atoms with E-state index in [4.69, 9.17) is 9.84 Å². The summed E-state index contributed by atoms with van der Waals surface area (Å²) in [4.78, 5) is 1.97. The van der Waals surface area contributed by atoms with Gasteiger partial charge >= 0.3 is 0 Å². The second-order valence-electron chi connectivity index (χ2n) is 4.21. The molecule has 0 saturated heterocycles. The molecule has 0 saturated carbocycles. The van der Waals surface area contributed by atoms with Crippen molar-refractivity contribution in [2.24, 2.45) is 0 Å². The zero-order valence-electron chi connectivity index (χ0n) is 11.7. The minimum absolute atomic E-state index is 0.0564. The Bertz CT molecular complexity index is 374. The fourth-order valence-corrected chi connectivity index (χ4v) is 1.98. The van der Waals surface area contributed by atoms with Crippen LogP contribution in [0, 0.1) is 5.82 Å². The molecule has 0 radical (unpaired) electrons. The van der Waals surface area contributed by atoms with Gasteiger partial charge in [-0.05, 0) is 19.1 Å². The monoisotopic (exact) mass is 270 g/mol. The van der Waals surface area contributed by atoms with Gasteiger partial charge in [-0.2, -0.15) is 0 Å². The van der Waals surface area contributed by atoms with Gasteiger partial charge in [-0.15, -0.1) is 0 Å². The van der Waals surface area contributed by atoms with Crippen molar-refractivity contribution < 1.29 is 14.2 Å². The highest BCUT2D eigenvalue weighted by atomic mass is 19.1. The van der Waals surface area contributed by atoms with Gasteiger partial charge in [0.2, 0.25) is 0 Å². The van der Waals surface area contributed by atoms with Crippen molar-refractivity contribution in [3.8, 4) is 0 Å². The highest BCUT2D eigenvalue weighted by molar-refractivity contribution is 5.54. The Balaban J connectivity index is 2.81. The molecule has 0 aliphatic carbocycles. The quantitative estimate of drug-likeness (QED) is 0.665. The number of halogens is 1. The van der Waals surface area contributed by atoms with E-state index in [2.05, 4.69) is 5.32 Å². The molecule has 0 atom stereocenters. The van der Waals surface area contributed by atoms with Crippen LogP contribution in [0.3, 0.4) is 0 Å². The van der Waals surface area contributed by atoms with Gasteiger partial charge in [0, 0.05) is 44.5 Å². The summed E-state index contributed by atoms with van der Waals surface area (Å²) in [6.45, 7) is 5.01. The molecule has 0 amide bonds. The summed E-state index contributed by atoms with van der Waals surface area (Å²) >= 11 is 0. The Kier molecular flexibility index (Phi) is 7.40. The maximum absolute atomic E-state index is 13.9. The van der Waals surface area contributed by atoms with Crippen molar-refractivity contribution in [1.82, 2.24) is 5.32 Å². The van der Waals surface area contributed by atoms with Crippen molar-refractivity contribution in [3.05, 3.63) is 29.6 Å². The van der Waals surface area contributed by atoms with Crippen molar-refractivity contribution in [2.45, 2.75) is 13.5 Å². The Labute approximate surface area is 114 Å². The van der Waals surface area contributed by atoms with Gasteiger partial charge in [-0.3, -0.25) is 0 Å². The molecule has 0 fully saturated rings. The van der Waals surface area contributed by atoms with Crippen LogP contribution in [0.2, 0.25) is 0 Å². The third kappa shape index (κ3) is 4.78. The number of nitrogens with one attached hydrogen (secondary N) is 1. The standard InChI is InChI=1S/C14H23FN2O2/c1-3-17(8-9-18)14-6-4-5-13(15)12(14)11-16-7-10-19-2/h4-6,16,18H,3,7-11H2,1-2H3. The van der Waals surface area contributed by atoms with Gasteiger partial charge in [0.25, 0.3) is 0 Å². The molecule has 0 aliphatic rings. The first-order valence-electron chi connectivity index (χ1n) is 6.57. The molecule has 1 rings (SSSR count). The van der Waals surface area contributed by atoms with Crippen LogP contribution in [-0.4, -0.2) is 45.1 Å². The van der Waals surface area contributed by atoms with E-state index in [1.54, 1.807) is 13.2 Å². The molecule has 19 heavy (non-hydrogen) atoms. The zero-order chi connectivity index (χ0) is 14.1. The summed E-state index contributed by atoms with van der Waals surface area (Å²) < 4.78 is 18.9. The van der Waals surface area contributed by atoms with Gasteiger partial charge in [0.15, 0.2) is 0 Å². The van der Waals surface area contributed by atoms with E-state index >= 15 is 0 Å². The minimum atomic E-state index is -0.223. The van der Waals surface area contributed by atoms with Gasteiger partial charge in [0.05, 0.1) is 13.2 Å². The van der Waals surface area contributed by atoms with Gasteiger partial charge in [-0.25, -0.2) is 4.39 Å². The first-order chi connectivity index (χ1) is 9.24. The largest absolute Gasteiger partial charge is 0.395 e. The van der Waals surface area contributed by atoms with E-state index in [1.165, 1.54) is 6.07 Å². The number of hydrogen-bond donors (Lipinski definition) is 2. The lowest BCUT2D eigenvalue weighted by atomic mass is 10.1. The van der Waals surface area contributed by atoms with E-state index in [0.717, 1.165) is 12.2 Å². The van der Waals surface area contributed by atoms with Crippen LogP contribution >= 0.6 is 0 Å². The highest BCUT2D eigenvalue weighted by Gasteiger charge is 2.12. The summed E-state index contributed by atoms with van der Waals surface area (Å²) in [7, 11) is 1.64. The number of methoxy groups -OCH3 is 1. The second kappa shape index (κ2) is 8.85. The van der Waals surface area contributed by atoms with Crippen LogP contribution < -0.4 is 10.2 Å². The predicted molar refractivity (Wildman–Crippen MR) is 75.0 cm³/mol. The molecule has 4 nitrogen and oxygen atoms in total. The Morgan fingerprint density at radius 1 is 1.42 bits per heavy atom. The molecule has 0 unspecified atom stereocenters. The molecule has 2 N–H and O–H groups in total. The second-order valence-corrected chi connectivity index (χ2v) is 4.21. The molecule has 0 aromatic heterocycles. The fourth-order valence-electron chi connectivity index (χ4n) is 1.98. The van der Waals surface area contributed by atoms with Gasteiger partial charge in [0.1, 0.15) is 5.82 Å². The van der Waals surface area contributed by atoms with Gasteiger partial charge < -0.3 is 20.1 Å². The molecule has 0 spiro atoms. The van der Waals surface area contributed by atoms with Crippen molar-refractivity contribution in [3.63, 3.8) is 0 Å². The number of rotatable bonds is 9. The summed E-state index contributed by atoms with van der Waals surface area (Å²) in [6, 6.07) is 5.04. The molecule has 108 valence electrons. The number of benzene rings is 1. The molecule has 0 heterocycles. The predicted octanol–water partition coefficient (Wildman–Crippen LogP) is 1.38. The number of anilines is 1. The third-order valence-electron chi connectivity index (χ3n) is 2.97. The van der Waals surface area contributed by atoms with E-state index in [-0.39, 0.29) is 12.4 Å². The molecule has 5 heteroatoms. The Morgan fingerprint density at radius 3 is 2.84 bits per heavy atom. The lowest BCUT2D eigenvalue weighted by Gasteiger charge is -2.25. The molecule has 1 aromatic rings. The Morgan fingerprint density at radius 2 is 2.21 bits per heavy atom. The number of ether oxygens (including phenoxy) is 1. The van der Waals surface area contributed by atoms with Crippen molar-refractivity contribution >= 4 is 5.69 Å². The number of nitrogens with zero attached hydrogens (tertiary/aromatic N) is 1. The fraction of sp³-hybridized carbons (Fsp3) is 0.571. The third-order valence-corrected chi connectivity index (χ3v) is 2.97. The van der Waals surface area contributed by atoms with Crippen LogP contribution in [0.5, 0.6) is 0 Å². The zero-order valence-corrected chi connectivity index (χ0v) is 11.7. The average molecular weight is 270 g/mol. The first kappa shape index (κ1) is 15.9. The SMILES string of the molecule is CCN(CCO)c1cccc(F)c1CNCCOC. The Hall–Kier alpha value is -1.17. The minimum Gasteiger partial charge on any atom is -0.395 e. The van der Waals surface area contributed by atoms with Gasteiger partial charge in [-0.1, -0.05) is 6.07 Å². The smallest absolute Gasteiger partial charge is 0.129 e. The summed E-state index contributed by atoms with van der Waals surface area (Å²) in [5, 5.41) is 12.2. The van der Waals surface area contributed by atoms with E-state index < -0.39 is 0 Å².